The quantitative estimate of drug-likeness (QED) is 0.660. The van der Waals surface area contributed by atoms with E-state index in [0.717, 1.165) is 11.6 Å². The summed E-state index contributed by atoms with van der Waals surface area (Å²) in [5.74, 6) is 1.31. The van der Waals surface area contributed by atoms with Gasteiger partial charge in [-0.3, -0.25) is 4.98 Å². The number of aryl methyl sites for hydroxylation is 2. The molecule has 70 valence electrons. The molecule has 1 aromatic rings. The monoisotopic (exact) mass is 195 g/mol. The van der Waals surface area contributed by atoms with Gasteiger partial charge in [0.2, 0.25) is 0 Å². The first kappa shape index (κ1) is 9.01. The van der Waals surface area contributed by atoms with Crippen molar-refractivity contribution in [2.45, 2.75) is 38.5 Å². The van der Waals surface area contributed by atoms with Crippen LogP contribution in [-0.2, 0) is 5.88 Å². The summed E-state index contributed by atoms with van der Waals surface area (Å²) in [6, 6.07) is 2.12. The van der Waals surface area contributed by atoms with Crippen LogP contribution in [0.1, 0.15) is 41.3 Å². The minimum atomic E-state index is 0.520. The molecule has 0 bridgehead atoms. The molecule has 13 heavy (non-hydrogen) atoms. The maximum atomic E-state index is 5.76. The lowest BCUT2D eigenvalue weighted by Gasteiger charge is -2.09. The van der Waals surface area contributed by atoms with Crippen LogP contribution in [0.5, 0.6) is 0 Å². The summed E-state index contributed by atoms with van der Waals surface area (Å²) in [6.07, 6.45) is 2.67. The van der Waals surface area contributed by atoms with Crippen molar-refractivity contribution in [2.75, 3.05) is 0 Å². The summed E-state index contributed by atoms with van der Waals surface area (Å²) in [4.78, 5) is 4.48. The Kier molecular flexibility index (Phi) is 2.29. The average molecular weight is 196 g/mol. The number of halogens is 1. The van der Waals surface area contributed by atoms with Gasteiger partial charge in [-0.05, 0) is 49.8 Å². The normalized spacial score (nSPS) is 16.2. The van der Waals surface area contributed by atoms with E-state index in [2.05, 4.69) is 24.9 Å². The van der Waals surface area contributed by atoms with E-state index < -0.39 is 0 Å². The molecule has 0 unspecified atom stereocenters. The molecule has 1 nitrogen and oxygen atoms in total. The van der Waals surface area contributed by atoms with Crippen molar-refractivity contribution >= 4 is 11.6 Å². The van der Waals surface area contributed by atoms with Gasteiger partial charge in [0.25, 0.3) is 0 Å². The van der Waals surface area contributed by atoms with Gasteiger partial charge < -0.3 is 0 Å². The molecule has 1 saturated carbocycles. The van der Waals surface area contributed by atoms with E-state index >= 15 is 0 Å². The lowest BCUT2D eigenvalue weighted by molar-refractivity contribution is 0.982. The molecule has 0 aromatic carbocycles. The van der Waals surface area contributed by atoms with E-state index in [9.17, 15) is 0 Å². The van der Waals surface area contributed by atoms with Crippen molar-refractivity contribution in [3.63, 3.8) is 0 Å². The van der Waals surface area contributed by atoms with Gasteiger partial charge in [-0.1, -0.05) is 0 Å². The van der Waals surface area contributed by atoms with E-state index in [0.29, 0.717) is 5.88 Å². The third-order valence-corrected chi connectivity index (χ3v) is 2.91. The molecule has 0 atom stereocenters. The molecule has 1 heterocycles. The van der Waals surface area contributed by atoms with Crippen molar-refractivity contribution in [1.29, 1.82) is 0 Å². The number of hydrogen-bond donors (Lipinski definition) is 0. The fraction of sp³-hybridized carbons (Fsp3) is 0.545. The molecular weight excluding hydrogens is 182 g/mol. The molecule has 1 fully saturated rings. The number of nitrogens with zero attached hydrogens (tertiary/aromatic N) is 1. The van der Waals surface area contributed by atoms with Gasteiger partial charge in [0.1, 0.15) is 0 Å². The van der Waals surface area contributed by atoms with Crippen LogP contribution in [0.15, 0.2) is 6.07 Å². The lowest BCUT2D eigenvalue weighted by atomic mass is 10.0. The van der Waals surface area contributed by atoms with Crippen LogP contribution in [0.25, 0.3) is 0 Å². The van der Waals surface area contributed by atoms with Crippen molar-refractivity contribution < 1.29 is 0 Å². The van der Waals surface area contributed by atoms with E-state index in [-0.39, 0.29) is 0 Å². The van der Waals surface area contributed by atoms with E-state index in [1.165, 1.54) is 29.7 Å². The molecule has 0 spiro atoms. The van der Waals surface area contributed by atoms with Crippen LogP contribution in [0.4, 0.5) is 0 Å². The average Bonchev–Trinajstić information content (AvgIpc) is 2.87. The molecular formula is C11H14ClN. The standard InChI is InChI=1S/C11H14ClN/c1-7-5-10(6-12)13-8(2)11(7)9-3-4-9/h5,9H,3-4,6H2,1-2H3. The van der Waals surface area contributed by atoms with Crippen molar-refractivity contribution in [2.24, 2.45) is 0 Å². The van der Waals surface area contributed by atoms with Crippen LogP contribution in [-0.4, -0.2) is 4.98 Å². The van der Waals surface area contributed by atoms with Gasteiger partial charge >= 0.3 is 0 Å². The molecule has 1 aliphatic carbocycles. The smallest absolute Gasteiger partial charge is 0.0647 e. The molecule has 0 N–H and O–H groups in total. The zero-order chi connectivity index (χ0) is 9.42. The fourth-order valence-electron chi connectivity index (χ4n) is 1.98. The van der Waals surface area contributed by atoms with Gasteiger partial charge in [0, 0.05) is 5.69 Å². The zero-order valence-electron chi connectivity index (χ0n) is 8.10. The topological polar surface area (TPSA) is 12.9 Å². The van der Waals surface area contributed by atoms with Crippen LogP contribution >= 0.6 is 11.6 Å². The Bertz CT molecular complexity index is 306. The zero-order valence-corrected chi connectivity index (χ0v) is 8.86. The first-order valence-electron chi connectivity index (χ1n) is 4.75. The molecule has 0 radical (unpaired) electrons. The number of aromatic nitrogens is 1. The van der Waals surface area contributed by atoms with E-state index in [1.54, 1.807) is 0 Å². The second-order valence-electron chi connectivity index (χ2n) is 3.84. The Morgan fingerprint density at radius 3 is 2.62 bits per heavy atom. The van der Waals surface area contributed by atoms with Gasteiger partial charge in [0.05, 0.1) is 11.6 Å². The van der Waals surface area contributed by atoms with Crippen LogP contribution in [0, 0.1) is 13.8 Å². The summed E-state index contributed by atoms with van der Waals surface area (Å²) in [7, 11) is 0. The second-order valence-corrected chi connectivity index (χ2v) is 4.10. The Morgan fingerprint density at radius 2 is 2.15 bits per heavy atom. The minimum Gasteiger partial charge on any atom is -0.257 e. The number of pyridine rings is 1. The highest BCUT2D eigenvalue weighted by molar-refractivity contribution is 6.16. The van der Waals surface area contributed by atoms with Crippen LogP contribution in [0.3, 0.4) is 0 Å². The van der Waals surface area contributed by atoms with Crippen molar-refractivity contribution in [3.8, 4) is 0 Å². The Balaban J connectivity index is 2.44. The summed E-state index contributed by atoms with van der Waals surface area (Å²) in [6.45, 7) is 4.26. The predicted molar refractivity (Wildman–Crippen MR) is 55.2 cm³/mol. The predicted octanol–water partition coefficient (Wildman–Crippen LogP) is 3.31. The Morgan fingerprint density at radius 1 is 1.46 bits per heavy atom. The summed E-state index contributed by atoms with van der Waals surface area (Å²) in [5, 5.41) is 0. The van der Waals surface area contributed by atoms with Gasteiger partial charge in [-0.15, -0.1) is 11.6 Å². The molecule has 1 aromatic heterocycles. The largest absolute Gasteiger partial charge is 0.257 e. The highest BCUT2D eigenvalue weighted by atomic mass is 35.5. The van der Waals surface area contributed by atoms with Crippen LogP contribution in [0.2, 0.25) is 0 Å². The number of hydrogen-bond acceptors (Lipinski definition) is 1. The summed E-state index contributed by atoms with van der Waals surface area (Å²) >= 11 is 5.76. The Labute approximate surface area is 84.1 Å². The second kappa shape index (κ2) is 3.30. The molecule has 2 rings (SSSR count). The minimum absolute atomic E-state index is 0.520. The van der Waals surface area contributed by atoms with Crippen molar-refractivity contribution in [3.05, 3.63) is 28.6 Å². The van der Waals surface area contributed by atoms with Gasteiger partial charge in [0.15, 0.2) is 0 Å². The number of rotatable bonds is 2. The number of alkyl halides is 1. The third kappa shape index (κ3) is 1.71. The molecule has 0 amide bonds. The summed E-state index contributed by atoms with van der Waals surface area (Å²) < 4.78 is 0. The molecule has 0 aliphatic heterocycles. The van der Waals surface area contributed by atoms with Crippen molar-refractivity contribution in [1.82, 2.24) is 4.98 Å². The molecule has 2 heteroatoms. The maximum Gasteiger partial charge on any atom is 0.0647 e. The SMILES string of the molecule is Cc1cc(CCl)nc(C)c1C1CC1. The third-order valence-electron chi connectivity index (χ3n) is 2.63. The first-order valence-corrected chi connectivity index (χ1v) is 5.29. The highest BCUT2D eigenvalue weighted by Gasteiger charge is 2.27. The van der Waals surface area contributed by atoms with E-state index in [1.807, 2.05) is 0 Å². The van der Waals surface area contributed by atoms with Crippen LogP contribution < -0.4 is 0 Å². The lowest BCUT2D eigenvalue weighted by Crippen LogP contribution is -1.98. The summed E-state index contributed by atoms with van der Waals surface area (Å²) in [5.41, 5.74) is 5.01. The highest BCUT2D eigenvalue weighted by Crippen LogP contribution is 2.42. The molecule has 0 saturated heterocycles. The molecule has 1 aliphatic rings. The fourth-order valence-corrected chi connectivity index (χ4v) is 2.12. The maximum absolute atomic E-state index is 5.76. The van der Waals surface area contributed by atoms with E-state index in [4.69, 9.17) is 11.6 Å². The van der Waals surface area contributed by atoms with Gasteiger partial charge in [-0.25, -0.2) is 0 Å². The first-order chi connectivity index (χ1) is 6.22. The Hall–Kier alpha value is -0.560. The van der Waals surface area contributed by atoms with Gasteiger partial charge in [-0.2, -0.15) is 0 Å².